The van der Waals surface area contributed by atoms with E-state index < -0.39 is 0 Å². The van der Waals surface area contributed by atoms with Crippen LogP contribution < -0.4 is 20.8 Å². The lowest BCUT2D eigenvalue weighted by atomic mass is 10.0. The summed E-state index contributed by atoms with van der Waals surface area (Å²) in [4.78, 5) is 38.1. The van der Waals surface area contributed by atoms with Crippen LogP contribution in [0.3, 0.4) is 0 Å². The number of nitrogens with zero attached hydrogens (tertiary/aromatic N) is 1. The predicted molar refractivity (Wildman–Crippen MR) is 102 cm³/mol. The van der Waals surface area contributed by atoms with Crippen LogP contribution in [0.2, 0.25) is 0 Å². The summed E-state index contributed by atoms with van der Waals surface area (Å²) in [7, 11) is 0. The minimum atomic E-state index is -0.299. The summed E-state index contributed by atoms with van der Waals surface area (Å²) in [6, 6.07) is 13.7. The van der Waals surface area contributed by atoms with Gasteiger partial charge in [-0.25, -0.2) is 0 Å². The van der Waals surface area contributed by atoms with Gasteiger partial charge < -0.3 is 5.11 Å². The van der Waals surface area contributed by atoms with E-state index in [0.717, 1.165) is 0 Å². The number of hydrogen-bond acceptors (Lipinski definition) is 4. The molecule has 1 aliphatic heterocycles. The molecule has 27 heavy (non-hydrogen) atoms. The topological polar surface area (TPSA) is 74.5 Å². The highest BCUT2D eigenvalue weighted by Gasteiger charge is 2.35. The standard InChI is InChI=1S/C22H13NO4/c24-19-13-5-1-2-6-14(13)20(25)17(19)12-9-10-23(11-12)18-21(26)15-7-3-4-8-16(15)22(18)27/h1-8,11H,9-10H2/p+1. The zero-order chi connectivity index (χ0) is 18.7. The fraction of sp³-hybridized carbons (Fsp3) is 0.0909. The average Bonchev–Trinajstić information content (AvgIpc) is 3.32. The molecule has 5 rings (SSSR count). The first-order valence-corrected chi connectivity index (χ1v) is 8.68. The SMILES string of the molecule is O=C1C(C2=C[N+](=c3c(=O)c4ccccc4c3=O)CC2)=C(O)c2ccccc21. The maximum absolute atomic E-state index is 12.7. The molecule has 0 atom stereocenters. The van der Waals surface area contributed by atoms with Crippen LogP contribution in [0.1, 0.15) is 22.3 Å². The number of carbonyl (C=O) groups excluding carboxylic acids is 1. The van der Waals surface area contributed by atoms with Gasteiger partial charge in [0.2, 0.25) is 0 Å². The summed E-state index contributed by atoms with van der Waals surface area (Å²) in [5, 5.41) is 11.5. The first-order chi connectivity index (χ1) is 13.1. The zero-order valence-corrected chi connectivity index (χ0v) is 14.2. The lowest BCUT2D eigenvalue weighted by molar-refractivity contribution is 0.103. The molecule has 0 bridgehead atoms. The molecule has 3 aromatic rings. The van der Waals surface area contributed by atoms with E-state index in [0.29, 0.717) is 40.4 Å². The Bertz CT molecular complexity index is 1330. The highest BCUT2D eigenvalue weighted by molar-refractivity contribution is 6.22. The van der Waals surface area contributed by atoms with Gasteiger partial charge in [0.25, 0.3) is 10.9 Å². The molecule has 0 radical (unpaired) electrons. The summed E-state index contributed by atoms with van der Waals surface area (Å²) < 4.78 is 1.61. The van der Waals surface area contributed by atoms with Gasteiger partial charge in [0.05, 0.1) is 5.57 Å². The number of hydrogen-bond donors (Lipinski definition) is 1. The average molecular weight is 356 g/mol. The quantitative estimate of drug-likeness (QED) is 0.673. The van der Waals surface area contributed by atoms with E-state index in [1.807, 2.05) is 0 Å². The molecule has 1 N–H and O–H groups in total. The van der Waals surface area contributed by atoms with Crippen molar-refractivity contribution in [1.82, 2.24) is 4.58 Å². The van der Waals surface area contributed by atoms with Crippen LogP contribution in [0.5, 0.6) is 0 Å². The molecule has 0 aromatic heterocycles. The van der Waals surface area contributed by atoms with Gasteiger partial charge in [-0.3, -0.25) is 14.4 Å². The number of aliphatic hydroxyl groups is 1. The van der Waals surface area contributed by atoms with E-state index in [9.17, 15) is 19.5 Å². The van der Waals surface area contributed by atoms with Crippen LogP contribution in [0.4, 0.5) is 0 Å². The van der Waals surface area contributed by atoms with Gasteiger partial charge in [-0.15, -0.1) is 0 Å². The third kappa shape index (κ3) is 2.05. The van der Waals surface area contributed by atoms with Gasteiger partial charge in [-0.2, -0.15) is 4.58 Å². The van der Waals surface area contributed by atoms with Gasteiger partial charge in [0.15, 0.2) is 18.5 Å². The van der Waals surface area contributed by atoms with Gasteiger partial charge in [0, 0.05) is 33.9 Å². The van der Waals surface area contributed by atoms with Crippen molar-refractivity contribution in [2.24, 2.45) is 0 Å². The normalized spacial score (nSPS) is 16.4. The Balaban J connectivity index is 1.73. The van der Waals surface area contributed by atoms with Crippen molar-refractivity contribution in [3.8, 4) is 0 Å². The van der Waals surface area contributed by atoms with E-state index in [1.54, 1.807) is 59.3 Å². The Morgan fingerprint density at radius 1 is 0.815 bits per heavy atom. The summed E-state index contributed by atoms with van der Waals surface area (Å²) in [5.41, 5.74) is 1.29. The molecule has 5 heteroatoms. The minimum Gasteiger partial charge on any atom is -0.507 e. The van der Waals surface area contributed by atoms with E-state index in [-0.39, 0.29) is 33.3 Å². The van der Waals surface area contributed by atoms with Gasteiger partial charge in [0.1, 0.15) is 5.76 Å². The number of allylic oxidation sites excluding steroid dienone is 1. The van der Waals surface area contributed by atoms with Gasteiger partial charge in [-0.1, -0.05) is 48.5 Å². The minimum absolute atomic E-state index is 0.0407. The van der Waals surface area contributed by atoms with Crippen LogP contribution >= 0.6 is 0 Å². The Hall–Kier alpha value is -3.60. The summed E-state index contributed by atoms with van der Waals surface area (Å²) in [5.74, 6) is -0.269. The predicted octanol–water partition coefficient (Wildman–Crippen LogP) is 1.66. The molecule has 0 spiro atoms. The molecule has 2 aliphatic rings. The monoisotopic (exact) mass is 356 g/mol. The van der Waals surface area contributed by atoms with Crippen molar-refractivity contribution >= 4 is 22.3 Å². The number of Topliss-reactive ketones (excluding diaryl/α,β-unsaturated/α-hetero) is 1. The van der Waals surface area contributed by atoms with Crippen molar-refractivity contribution in [2.45, 2.75) is 6.42 Å². The van der Waals surface area contributed by atoms with Crippen molar-refractivity contribution in [3.05, 3.63) is 103 Å². The fourth-order valence-electron chi connectivity index (χ4n) is 3.98. The molecular weight excluding hydrogens is 342 g/mol. The zero-order valence-electron chi connectivity index (χ0n) is 14.2. The van der Waals surface area contributed by atoms with Crippen LogP contribution in [-0.4, -0.2) is 17.4 Å². The Morgan fingerprint density at radius 3 is 2.04 bits per heavy atom. The lowest BCUT2D eigenvalue weighted by Crippen LogP contribution is -2.42. The van der Waals surface area contributed by atoms with Crippen molar-refractivity contribution < 1.29 is 9.90 Å². The molecule has 130 valence electrons. The molecule has 0 fully saturated rings. The first-order valence-electron chi connectivity index (χ1n) is 8.68. The highest BCUT2D eigenvalue weighted by Crippen LogP contribution is 2.36. The molecule has 1 aliphatic carbocycles. The Kier molecular flexibility index (Phi) is 3.15. The molecule has 0 unspecified atom stereocenters. The number of fused-ring (bicyclic) bond motifs is 2. The van der Waals surface area contributed by atoms with Gasteiger partial charge in [-0.05, 0) is 0 Å². The van der Waals surface area contributed by atoms with Crippen LogP contribution in [0, 0.1) is 0 Å². The molecule has 0 saturated carbocycles. The third-order valence-electron chi connectivity index (χ3n) is 5.28. The van der Waals surface area contributed by atoms with Crippen molar-refractivity contribution in [3.63, 3.8) is 0 Å². The first kappa shape index (κ1) is 15.6. The van der Waals surface area contributed by atoms with E-state index in [2.05, 4.69) is 0 Å². The largest absolute Gasteiger partial charge is 0.507 e. The van der Waals surface area contributed by atoms with E-state index in [1.165, 1.54) is 0 Å². The fourth-order valence-corrected chi connectivity index (χ4v) is 3.98. The van der Waals surface area contributed by atoms with Crippen LogP contribution in [0.15, 0.2) is 75.5 Å². The van der Waals surface area contributed by atoms with E-state index in [4.69, 9.17) is 0 Å². The maximum Gasteiger partial charge on any atom is 0.302 e. The molecule has 5 nitrogen and oxygen atoms in total. The number of carbonyl (C=O) groups is 1. The Labute approximate surface area is 153 Å². The van der Waals surface area contributed by atoms with E-state index >= 15 is 0 Å². The maximum atomic E-state index is 12.7. The lowest BCUT2D eigenvalue weighted by Gasteiger charge is -1.98. The Morgan fingerprint density at radius 2 is 1.41 bits per heavy atom. The third-order valence-corrected chi connectivity index (χ3v) is 5.28. The van der Waals surface area contributed by atoms with Crippen LogP contribution in [-0.2, 0) is 0 Å². The molecule has 3 aromatic carbocycles. The second kappa shape index (κ2) is 5.45. The second-order valence-corrected chi connectivity index (χ2v) is 6.75. The highest BCUT2D eigenvalue weighted by atomic mass is 16.3. The summed E-state index contributed by atoms with van der Waals surface area (Å²) in [6.07, 6.45) is 2.12. The molecular formula is C22H14NO4+. The number of aliphatic hydroxyl groups excluding tert-OH is 1. The summed E-state index contributed by atoms with van der Waals surface area (Å²) >= 11 is 0. The summed E-state index contributed by atoms with van der Waals surface area (Å²) in [6.45, 7) is 0.413. The van der Waals surface area contributed by atoms with Crippen molar-refractivity contribution in [2.75, 3.05) is 6.54 Å². The molecule has 0 amide bonds. The molecule has 0 saturated heterocycles. The molecule has 1 heterocycles. The number of rotatable bonds is 1. The van der Waals surface area contributed by atoms with Crippen LogP contribution in [0.25, 0.3) is 16.5 Å². The number of ketones is 1. The smallest absolute Gasteiger partial charge is 0.302 e. The van der Waals surface area contributed by atoms with Gasteiger partial charge >= 0.3 is 5.36 Å². The number of benzene rings is 2. The second-order valence-electron chi connectivity index (χ2n) is 6.75. The van der Waals surface area contributed by atoms with Crippen molar-refractivity contribution in [1.29, 1.82) is 0 Å².